The van der Waals surface area contributed by atoms with Gasteiger partial charge in [0.25, 0.3) is 5.91 Å². The van der Waals surface area contributed by atoms with Gasteiger partial charge in [-0.15, -0.1) is 0 Å². The Morgan fingerprint density at radius 3 is 2.92 bits per heavy atom. The molecule has 2 saturated heterocycles. The quantitative estimate of drug-likeness (QED) is 0.812. The third kappa shape index (κ3) is 4.07. The maximum absolute atomic E-state index is 13.6. The van der Waals surface area contributed by atoms with Crippen molar-refractivity contribution >= 4 is 11.8 Å². The van der Waals surface area contributed by atoms with Gasteiger partial charge in [0.2, 0.25) is 5.91 Å². The Morgan fingerprint density at radius 2 is 2.17 bits per heavy atom. The predicted octanol–water partition coefficient (Wildman–Crippen LogP) is -0.116. The molecular formula is C16H21FN4O3. The van der Waals surface area contributed by atoms with Crippen LogP contribution in [0.1, 0.15) is 16.8 Å². The number of aromatic nitrogens is 1. The molecule has 0 bridgehead atoms. The number of rotatable bonds is 5. The molecule has 0 spiro atoms. The molecule has 0 aromatic carbocycles. The Bertz CT molecular complexity index is 607. The fraction of sp³-hybridized carbons (Fsp3) is 0.562. The Balaban J connectivity index is 1.49. The lowest BCUT2D eigenvalue weighted by Crippen LogP contribution is -2.43. The molecular weight excluding hydrogens is 315 g/mol. The first-order valence-corrected chi connectivity index (χ1v) is 8.12. The van der Waals surface area contributed by atoms with Crippen LogP contribution >= 0.6 is 0 Å². The molecule has 24 heavy (non-hydrogen) atoms. The lowest BCUT2D eigenvalue weighted by molar-refractivity contribution is -0.128. The van der Waals surface area contributed by atoms with Gasteiger partial charge in [0.15, 0.2) is 5.82 Å². The second kappa shape index (κ2) is 7.67. The molecule has 8 heteroatoms. The molecule has 1 atom stereocenters. The van der Waals surface area contributed by atoms with Gasteiger partial charge in [0.1, 0.15) is 0 Å². The highest BCUT2D eigenvalue weighted by Gasteiger charge is 2.31. The Labute approximate surface area is 139 Å². The van der Waals surface area contributed by atoms with Gasteiger partial charge >= 0.3 is 0 Å². The summed E-state index contributed by atoms with van der Waals surface area (Å²) in [6.07, 6.45) is 2.62. The zero-order valence-electron chi connectivity index (χ0n) is 13.4. The van der Waals surface area contributed by atoms with Crippen molar-refractivity contribution in [2.75, 3.05) is 45.9 Å². The van der Waals surface area contributed by atoms with Crippen molar-refractivity contribution in [1.82, 2.24) is 20.1 Å². The summed E-state index contributed by atoms with van der Waals surface area (Å²) in [5.41, 5.74) is -0.0517. The molecule has 0 radical (unpaired) electrons. The van der Waals surface area contributed by atoms with E-state index in [1.807, 2.05) is 0 Å². The molecule has 1 aromatic heterocycles. The molecule has 2 aliphatic heterocycles. The highest BCUT2D eigenvalue weighted by Crippen LogP contribution is 2.13. The molecule has 2 fully saturated rings. The van der Waals surface area contributed by atoms with Crippen LogP contribution in [0.5, 0.6) is 0 Å². The molecule has 0 saturated carbocycles. The van der Waals surface area contributed by atoms with Gasteiger partial charge in [-0.3, -0.25) is 19.5 Å². The highest BCUT2D eigenvalue weighted by molar-refractivity contribution is 5.95. The van der Waals surface area contributed by atoms with E-state index in [4.69, 9.17) is 4.74 Å². The second-order valence-electron chi connectivity index (χ2n) is 6.02. The summed E-state index contributed by atoms with van der Waals surface area (Å²) in [5.74, 6) is -1.16. The van der Waals surface area contributed by atoms with Crippen LogP contribution in [0.15, 0.2) is 18.5 Å². The molecule has 2 amide bonds. The summed E-state index contributed by atoms with van der Waals surface area (Å²) in [7, 11) is 0. The Kier molecular flexibility index (Phi) is 5.37. The van der Waals surface area contributed by atoms with Crippen molar-refractivity contribution < 1.29 is 18.7 Å². The molecule has 0 unspecified atom stereocenters. The first-order valence-electron chi connectivity index (χ1n) is 8.12. The SMILES string of the molecule is O=C(N[C@@H]1CC(=O)N(CCN2CCOCC2)C1)c1ccncc1F. The van der Waals surface area contributed by atoms with Crippen LogP contribution < -0.4 is 5.32 Å². The molecule has 130 valence electrons. The third-order valence-corrected chi connectivity index (χ3v) is 4.36. The van der Waals surface area contributed by atoms with E-state index in [2.05, 4.69) is 15.2 Å². The summed E-state index contributed by atoms with van der Waals surface area (Å²) in [5, 5.41) is 2.73. The fourth-order valence-electron chi connectivity index (χ4n) is 2.99. The van der Waals surface area contributed by atoms with Crippen LogP contribution in [0.25, 0.3) is 0 Å². The van der Waals surface area contributed by atoms with Gasteiger partial charge in [0, 0.05) is 45.3 Å². The van der Waals surface area contributed by atoms with E-state index in [1.54, 1.807) is 4.90 Å². The highest BCUT2D eigenvalue weighted by atomic mass is 19.1. The lowest BCUT2D eigenvalue weighted by Gasteiger charge is -2.28. The summed E-state index contributed by atoms with van der Waals surface area (Å²) in [4.78, 5) is 31.8. The van der Waals surface area contributed by atoms with Crippen LogP contribution in [0.3, 0.4) is 0 Å². The van der Waals surface area contributed by atoms with Crippen molar-refractivity contribution in [2.24, 2.45) is 0 Å². The number of morpholine rings is 1. The van der Waals surface area contributed by atoms with E-state index in [0.29, 0.717) is 13.1 Å². The van der Waals surface area contributed by atoms with Crippen molar-refractivity contribution in [2.45, 2.75) is 12.5 Å². The maximum atomic E-state index is 13.6. The monoisotopic (exact) mass is 336 g/mol. The van der Waals surface area contributed by atoms with E-state index in [1.165, 1.54) is 12.3 Å². The molecule has 7 nitrogen and oxygen atoms in total. The first-order chi connectivity index (χ1) is 11.6. The number of nitrogens with one attached hydrogen (secondary N) is 1. The van der Waals surface area contributed by atoms with E-state index in [0.717, 1.165) is 39.0 Å². The average molecular weight is 336 g/mol. The van der Waals surface area contributed by atoms with Gasteiger partial charge in [-0.05, 0) is 6.07 Å². The maximum Gasteiger partial charge on any atom is 0.254 e. The molecule has 3 heterocycles. The molecule has 2 aliphatic rings. The minimum absolute atomic E-state index is 0.0174. The topological polar surface area (TPSA) is 74.8 Å². The Morgan fingerprint density at radius 1 is 1.38 bits per heavy atom. The fourth-order valence-corrected chi connectivity index (χ4v) is 2.99. The van der Waals surface area contributed by atoms with Gasteiger partial charge in [-0.25, -0.2) is 4.39 Å². The van der Waals surface area contributed by atoms with Crippen LogP contribution in [-0.4, -0.2) is 78.6 Å². The van der Waals surface area contributed by atoms with Crippen molar-refractivity contribution in [3.8, 4) is 0 Å². The number of halogens is 1. The van der Waals surface area contributed by atoms with E-state index in [-0.39, 0.29) is 23.9 Å². The minimum Gasteiger partial charge on any atom is -0.379 e. The predicted molar refractivity (Wildman–Crippen MR) is 83.9 cm³/mol. The number of carbonyl (C=O) groups is 2. The lowest BCUT2D eigenvalue weighted by atomic mass is 10.2. The smallest absolute Gasteiger partial charge is 0.254 e. The number of pyridine rings is 1. The van der Waals surface area contributed by atoms with Gasteiger partial charge in [-0.1, -0.05) is 0 Å². The van der Waals surface area contributed by atoms with Crippen LogP contribution in [0, 0.1) is 5.82 Å². The first kappa shape index (κ1) is 16.8. The molecule has 1 aromatic rings. The van der Waals surface area contributed by atoms with Crippen LogP contribution in [0.4, 0.5) is 4.39 Å². The zero-order valence-corrected chi connectivity index (χ0v) is 13.4. The second-order valence-corrected chi connectivity index (χ2v) is 6.02. The van der Waals surface area contributed by atoms with E-state index < -0.39 is 11.7 Å². The van der Waals surface area contributed by atoms with Gasteiger partial charge in [-0.2, -0.15) is 0 Å². The number of carbonyl (C=O) groups excluding carboxylic acids is 2. The molecule has 1 N–H and O–H groups in total. The Hall–Kier alpha value is -2.06. The van der Waals surface area contributed by atoms with Gasteiger partial charge in [0.05, 0.1) is 31.0 Å². The largest absolute Gasteiger partial charge is 0.379 e. The summed E-state index contributed by atoms with van der Waals surface area (Å²) in [6, 6.07) is 1.04. The third-order valence-electron chi connectivity index (χ3n) is 4.36. The summed E-state index contributed by atoms with van der Waals surface area (Å²) in [6.45, 7) is 5.10. The number of hydrogen-bond acceptors (Lipinski definition) is 5. The standard InChI is InChI=1S/C16H21FN4O3/c17-14-10-18-2-1-13(14)16(23)19-12-9-15(22)21(11-12)4-3-20-5-7-24-8-6-20/h1-2,10,12H,3-9,11H2,(H,19,23)/t12-/m1/s1. The number of nitrogens with zero attached hydrogens (tertiary/aromatic N) is 3. The molecule has 0 aliphatic carbocycles. The van der Waals surface area contributed by atoms with E-state index in [9.17, 15) is 14.0 Å². The minimum atomic E-state index is -0.663. The summed E-state index contributed by atoms with van der Waals surface area (Å²) < 4.78 is 18.9. The van der Waals surface area contributed by atoms with Crippen LogP contribution in [0.2, 0.25) is 0 Å². The average Bonchev–Trinajstić information content (AvgIpc) is 2.93. The number of hydrogen-bond donors (Lipinski definition) is 1. The number of ether oxygens (including phenoxy) is 1. The van der Waals surface area contributed by atoms with Crippen LogP contribution in [-0.2, 0) is 9.53 Å². The summed E-state index contributed by atoms with van der Waals surface area (Å²) >= 11 is 0. The normalized spacial score (nSPS) is 22.0. The van der Waals surface area contributed by atoms with Gasteiger partial charge < -0.3 is 15.0 Å². The van der Waals surface area contributed by atoms with Crippen molar-refractivity contribution in [3.05, 3.63) is 29.8 Å². The van der Waals surface area contributed by atoms with Crippen molar-refractivity contribution in [1.29, 1.82) is 0 Å². The number of likely N-dealkylation sites (tertiary alicyclic amines) is 1. The van der Waals surface area contributed by atoms with E-state index >= 15 is 0 Å². The molecule has 3 rings (SSSR count). The van der Waals surface area contributed by atoms with Crippen molar-refractivity contribution in [3.63, 3.8) is 0 Å². The number of amides is 2. The zero-order chi connectivity index (χ0) is 16.9.